The Morgan fingerprint density at radius 2 is 2.30 bits per heavy atom. The van der Waals surface area contributed by atoms with Gasteiger partial charge in [0.2, 0.25) is 0 Å². The van der Waals surface area contributed by atoms with Crippen LogP contribution in [-0.2, 0) is 4.74 Å². The molecule has 0 saturated heterocycles. The van der Waals surface area contributed by atoms with Crippen molar-refractivity contribution in [2.75, 3.05) is 26.4 Å². The maximum absolute atomic E-state index is 8.32. The van der Waals surface area contributed by atoms with E-state index in [2.05, 4.69) is 12.2 Å². The minimum atomic E-state index is 0.0972. The van der Waals surface area contributed by atoms with Crippen LogP contribution in [0.25, 0.3) is 0 Å². The lowest BCUT2D eigenvalue weighted by Gasteiger charge is -2.06. The predicted molar refractivity (Wildman–Crippen MR) is 40.7 cm³/mol. The molecule has 0 heterocycles. The summed E-state index contributed by atoms with van der Waals surface area (Å²) in [5.41, 5.74) is 0. The molecular formula is C7H16NO2. The molecule has 0 amide bonds. The van der Waals surface area contributed by atoms with Gasteiger partial charge in [-0.05, 0) is 13.8 Å². The summed E-state index contributed by atoms with van der Waals surface area (Å²) in [4.78, 5) is 0. The van der Waals surface area contributed by atoms with E-state index < -0.39 is 0 Å². The molecule has 0 aromatic heterocycles. The van der Waals surface area contributed by atoms with Gasteiger partial charge in [0.05, 0.1) is 19.8 Å². The highest BCUT2D eigenvalue weighted by Gasteiger charge is 1.90. The Morgan fingerprint density at radius 3 is 2.80 bits per heavy atom. The zero-order chi connectivity index (χ0) is 7.82. The molecule has 1 radical (unpaired) electrons. The van der Waals surface area contributed by atoms with Crippen molar-refractivity contribution in [3.63, 3.8) is 0 Å². The second kappa shape index (κ2) is 6.99. The fourth-order valence-corrected chi connectivity index (χ4v) is 0.544. The average Bonchev–Trinajstić information content (AvgIpc) is 1.87. The van der Waals surface area contributed by atoms with E-state index in [-0.39, 0.29) is 12.6 Å². The first-order chi connectivity index (χ1) is 4.77. The zero-order valence-corrected chi connectivity index (χ0v) is 6.47. The van der Waals surface area contributed by atoms with Crippen molar-refractivity contribution in [3.8, 4) is 0 Å². The summed E-state index contributed by atoms with van der Waals surface area (Å²) in [6.45, 7) is 7.67. The van der Waals surface area contributed by atoms with Crippen molar-refractivity contribution in [2.45, 2.75) is 13.0 Å². The summed E-state index contributed by atoms with van der Waals surface area (Å²) < 4.78 is 4.99. The second-order valence-corrected chi connectivity index (χ2v) is 2.19. The largest absolute Gasteiger partial charge is 0.394 e. The second-order valence-electron chi connectivity index (χ2n) is 2.19. The zero-order valence-electron chi connectivity index (χ0n) is 6.47. The summed E-state index contributed by atoms with van der Waals surface area (Å²) in [5, 5.41) is 11.4. The third-order valence-corrected chi connectivity index (χ3v) is 0.975. The van der Waals surface area contributed by atoms with Crippen molar-refractivity contribution >= 4 is 0 Å². The lowest BCUT2D eigenvalue weighted by Crippen LogP contribution is -2.27. The van der Waals surface area contributed by atoms with Gasteiger partial charge in [-0.25, -0.2) is 0 Å². The van der Waals surface area contributed by atoms with Crippen molar-refractivity contribution < 1.29 is 9.84 Å². The van der Waals surface area contributed by atoms with E-state index in [0.717, 1.165) is 6.54 Å². The molecule has 0 fully saturated rings. The third kappa shape index (κ3) is 7.88. The third-order valence-electron chi connectivity index (χ3n) is 0.975. The Balaban J connectivity index is 2.77. The number of hydrogen-bond donors (Lipinski definition) is 2. The van der Waals surface area contributed by atoms with Crippen LogP contribution in [0.3, 0.4) is 0 Å². The van der Waals surface area contributed by atoms with Crippen molar-refractivity contribution in [3.05, 3.63) is 6.92 Å². The lowest BCUT2D eigenvalue weighted by molar-refractivity contribution is 0.0934. The minimum Gasteiger partial charge on any atom is -0.394 e. The molecule has 3 heteroatoms. The first-order valence-electron chi connectivity index (χ1n) is 3.52. The van der Waals surface area contributed by atoms with E-state index in [1.54, 1.807) is 0 Å². The standard InChI is InChI=1S/C7H16NO2/c1-7(2)8-3-5-10-6-4-9/h7-9H,1,3-6H2,2H3. The molecule has 0 bridgehead atoms. The minimum absolute atomic E-state index is 0.0972. The van der Waals surface area contributed by atoms with Crippen LogP contribution in [0.1, 0.15) is 6.92 Å². The van der Waals surface area contributed by atoms with Crippen LogP contribution in [0.4, 0.5) is 0 Å². The van der Waals surface area contributed by atoms with E-state index >= 15 is 0 Å². The summed E-state index contributed by atoms with van der Waals surface area (Å²) in [5.74, 6) is 0. The number of hydrogen-bond acceptors (Lipinski definition) is 3. The number of rotatable bonds is 6. The van der Waals surface area contributed by atoms with Gasteiger partial charge in [-0.15, -0.1) is 0 Å². The van der Waals surface area contributed by atoms with E-state index in [0.29, 0.717) is 13.2 Å². The Bertz CT molecular complexity index is 66.6. The first kappa shape index (κ1) is 9.88. The fourth-order valence-electron chi connectivity index (χ4n) is 0.544. The normalized spacial score (nSPS) is 10.8. The van der Waals surface area contributed by atoms with Crippen LogP contribution in [0, 0.1) is 6.92 Å². The molecule has 0 saturated carbocycles. The summed E-state index contributed by atoms with van der Waals surface area (Å²) in [7, 11) is 0. The first-order valence-corrected chi connectivity index (χ1v) is 3.52. The molecule has 0 rings (SSSR count). The van der Waals surface area contributed by atoms with Gasteiger partial charge in [0, 0.05) is 12.6 Å². The van der Waals surface area contributed by atoms with Gasteiger partial charge in [-0.1, -0.05) is 0 Å². The molecule has 1 atom stereocenters. The molecule has 0 aliphatic heterocycles. The van der Waals surface area contributed by atoms with E-state index in [9.17, 15) is 0 Å². The van der Waals surface area contributed by atoms with Crippen LogP contribution in [0.15, 0.2) is 0 Å². The van der Waals surface area contributed by atoms with Crippen LogP contribution < -0.4 is 5.32 Å². The predicted octanol–water partition coefficient (Wildman–Crippen LogP) is -0.193. The molecule has 1 unspecified atom stereocenters. The molecule has 61 valence electrons. The Hall–Kier alpha value is -0.120. The highest BCUT2D eigenvalue weighted by Crippen LogP contribution is 1.75. The SMILES string of the molecule is [CH2]C(C)NCCOCCO. The molecule has 10 heavy (non-hydrogen) atoms. The summed E-state index contributed by atoms with van der Waals surface area (Å²) in [6, 6.07) is 0.262. The Morgan fingerprint density at radius 1 is 1.60 bits per heavy atom. The van der Waals surface area contributed by atoms with Crippen LogP contribution in [-0.4, -0.2) is 37.5 Å². The van der Waals surface area contributed by atoms with Gasteiger partial charge in [-0.2, -0.15) is 0 Å². The fraction of sp³-hybridized carbons (Fsp3) is 0.857. The van der Waals surface area contributed by atoms with Crippen LogP contribution >= 0.6 is 0 Å². The highest BCUT2D eigenvalue weighted by atomic mass is 16.5. The smallest absolute Gasteiger partial charge is 0.0698 e. The van der Waals surface area contributed by atoms with Crippen molar-refractivity contribution in [1.82, 2.24) is 5.32 Å². The number of nitrogens with one attached hydrogen (secondary N) is 1. The van der Waals surface area contributed by atoms with Gasteiger partial charge in [-0.3, -0.25) is 0 Å². The molecular weight excluding hydrogens is 130 g/mol. The quantitative estimate of drug-likeness (QED) is 0.510. The summed E-state index contributed by atoms with van der Waals surface area (Å²) >= 11 is 0. The topological polar surface area (TPSA) is 41.5 Å². The maximum atomic E-state index is 8.32. The van der Waals surface area contributed by atoms with Gasteiger partial charge < -0.3 is 15.2 Å². The number of ether oxygens (including phenoxy) is 1. The molecule has 0 aliphatic rings. The molecule has 2 N–H and O–H groups in total. The van der Waals surface area contributed by atoms with Gasteiger partial charge in [0.15, 0.2) is 0 Å². The Labute approximate surface area is 62.4 Å². The molecule has 0 spiro atoms. The summed E-state index contributed by atoms with van der Waals surface area (Å²) in [6.07, 6.45) is 0. The molecule has 0 aromatic rings. The monoisotopic (exact) mass is 146 g/mol. The number of aliphatic hydroxyl groups is 1. The molecule has 3 nitrogen and oxygen atoms in total. The van der Waals surface area contributed by atoms with Crippen LogP contribution in [0.2, 0.25) is 0 Å². The van der Waals surface area contributed by atoms with Gasteiger partial charge in [0.25, 0.3) is 0 Å². The highest BCUT2D eigenvalue weighted by molar-refractivity contribution is 4.60. The van der Waals surface area contributed by atoms with Crippen LogP contribution in [0.5, 0.6) is 0 Å². The Kier molecular flexibility index (Phi) is 6.91. The van der Waals surface area contributed by atoms with E-state index in [4.69, 9.17) is 9.84 Å². The van der Waals surface area contributed by atoms with E-state index in [1.165, 1.54) is 0 Å². The van der Waals surface area contributed by atoms with Gasteiger partial charge in [0.1, 0.15) is 0 Å². The van der Waals surface area contributed by atoms with Gasteiger partial charge >= 0.3 is 0 Å². The molecule has 0 aromatic carbocycles. The molecule has 0 aliphatic carbocycles. The lowest BCUT2D eigenvalue weighted by atomic mass is 10.4. The number of aliphatic hydroxyl groups excluding tert-OH is 1. The van der Waals surface area contributed by atoms with Crippen molar-refractivity contribution in [2.24, 2.45) is 0 Å². The van der Waals surface area contributed by atoms with E-state index in [1.807, 2.05) is 6.92 Å². The average molecular weight is 146 g/mol. The maximum Gasteiger partial charge on any atom is 0.0698 e. The van der Waals surface area contributed by atoms with Crippen molar-refractivity contribution in [1.29, 1.82) is 0 Å².